The van der Waals surface area contributed by atoms with Crippen molar-refractivity contribution in [2.24, 2.45) is 5.73 Å². The van der Waals surface area contributed by atoms with Crippen LogP contribution in [-0.4, -0.2) is 39.0 Å². The highest BCUT2D eigenvalue weighted by Crippen LogP contribution is 2.34. The molecule has 35 heavy (non-hydrogen) atoms. The zero-order valence-electron chi connectivity index (χ0n) is 18.9. The maximum atomic E-state index is 12.9. The van der Waals surface area contributed by atoms with Crippen LogP contribution in [0.2, 0.25) is 5.02 Å². The average Bonchev–Trinajstić information content (AvgIpc) is 3.24. The number of benzene rings is 2. The number of primary amides is 1. The summed E-state index contributed by atoms with van der Waals surface area (Å²) in [5, 5.41) is 2.45. The van der Waals surface area contributed by atoms with Crippen LogP contribution in [0, 0.1) is 13.8 Å². The molecule has 3 aromatic rings. The number of rotatable bonds is 6. The van der Waals surface area contributed by atoms with Gasteiger partial charge < -0.3 is 15.6 Å². The Bertz CT molecular complexity index is 1390. The molecule has 8 nitrogen and oxygen atoms in total. The molecule has 2 heterocycles. The number of nitrogens with one attached hydrogen (secondary N) is 1. The SMILES string of the molecule is Cc1cc(/C=C2/SC(=O)N(CC(=O)Nc3ccccc3Cl)C2=O)c(C)n1-c1ccc(C(N)=O)cc1. The van der Waals surface area contributed by atoms with Gasteiger partial charge in [-0.2, -0.15) is 0 Å². The van der Waals surface area contributed by atoms with Gasteiger partial charge in [-0.15, -0.1) is 0 Å². The number of amides is 4. The summed E-state index contributed by atoms with van der Waals surface area (Å²) in [5.74, 6) is -1.57. The van der Waals surface area contributed by atoms with E-state index < -0.39 is 29.5 Å². The number of carbonyl (C=O) groups excluding carboxylic acids is 4. The van der Waals surface area contributed by atoms with E-state index in [1.165, 1.54) is 0 Å². The Morgan fingerprint density at radius 3 is 2.43 bits per heavy atom. The highest BCUT2D eigenvalue weighted by Gasteiger charge is 2.36. The quantitative estimate of drug-likeness (QED) is 0.475. The summed E-state index contributed by atoms with van der Waals surface area (Å²) in [6.07, 6.45) is 1.65. The van der Waals surface area contributed by atoms with Gasteiger partial charge in [-0.1, -0.05) is 23.7 Å². The zero-order chi connectivity index (χ0) is 25.3. The van der Waals surface area contributed by atoms with Gasteiger partial charge in [-0.05, 0) is 79.7 Å². The lowest BCUT2D eigenvalue weighted by molar-refractivity contribution is -0.127. The standard InChI is InChI=1S/C25H21ClN4O4S/c1-14-11-17(15(2)30(14)18-9-7-16(8-10-18)23(27)32)12-21-24(33)29(25(34)35-21)13-22(31)28-20-6-4-3-5-19(20)26/h3-12H,13H2,1-2H3,(H2,27,32)(H,28,31)/b21-12+. The molecular formula is C25H21ClN4O4S. The van der Waals surface area contributed by atoms with Crippen molar-refractivity contribution in [1.29, 1.82) is 0 Å². The van der Waals surface area contributed by atoms with E-state index in [0.717, 1.165) is 39.3 Å². The Morgan fingerprint density at radius 2 is 1.77 bits per heavy atom. The van der Waals surface area contributed by atoms with Crippen molar-refractivity contribution < 1.29 is 19.2 Å². The van der Waals surface area contributed by atoms with Crippen LogP contribution in [0.4, 0.5) is 10.5 Å². The van der Waals surface area contributed by atoms with Gasteiger partial charge in [0.1, 0.15) is 6.54 Å². The van der Waals surface area contributed by atoms with Gasteiger partial charge in [-0.3, -0.25) is 24.1 Å². The predicted octanol–water partition coefficient (Wildman–Crippen LogP) is 4.52. The number of imide groups is 1. The van der Waals surface area contributed by atoms with Crippen molar-refractivity contribution in [3.63, 3.8) is 0 Å². The Balaban J connectivity index is 1.53. The van der Waals surface area contributed by atoms with Crippen LogP contribution in [0.3, 0.4) is 0 Å². The molecular weight excluding hydrogens is 488 g/mol. The van der Waals surface area contributed by atoms with E-state index >= 15 is 0 Å². The number of nitrogens with zero attached hydrogens (tertiary/aromatic N) is 2. The molecule has 0 unspecified atom stereocenters. The van der Waals surface area contributed by atoms with Crippen LogP contribution in [0.15, 0.2) is 59.5 Å². The number of carbonyl (C=O) groups is 4. The molecule has 0 bridgehead atoms. The van der Waals surface area contributed by atoms with Gasteiger partial charge in [0, 0.05) is 22.6 Å². The number of anilines is 1. The summed E-state index contributed by atoms with van der Waals surface area (Å²) in [4.78, 5) is 50.3. The summed E-state index contributed by atoms with van der Waals surface area (Å²) in [6, 6.07) is 15.5. The molecule has 3 N–H and O–H groups in total. The smallest absolute Gasteiger partial charge is 0.294 e. The molecule has 0 atom stereocenters. The monoisotopic (exact) mass is 508 g/mol. The first-order valence-corrected chi connectivity index (χ1v) is 11.7. The third-order valence-corrected chi connectivity index (χ3v) is 6.73. The molecule has 178 valence electrons. The van der Waals surface area contributed by atoms with Crippen LogP contribution in [0.1, 0.15) is 27.3 Å². The third-order valence-electron chi connectivity index (χ3n) is 5.49. The van der Waals surface area contributed by atoms with E-state index in [0.29, 0.717) is 16.3 Å². The number of aromatic nitrogens is 1. The molecule has 0 radical (unpaired) electrons. The normalized spacial score (nSPS) is 14.6. The van der Waals surface area contributed by atoms with Crippen molar-refractivity contribution in [3.05, 3.63) is 87.0 Å². The number of aryl methyl sites for hydroxylation is 1. The minimum Gasteiger partial charge on any atom is -0.366 e. The Hall–Kier alpha value is -3.82. The summed E-state index contributed by atoms with van der Waals surface area (Å²) < 4.78 is 1.97. The molecule has 1 aromatic heterocycles. The molecule has 1 aliphatic heterocycles. The van der Waals surface area contributed by atoms with Gasteiger partial charge in [0.25, 0.3) is 11.1 Å². The summed E-state index contributed by atoms with van der Waals surface area (Å²) in [5.41, 5.74) is 9.46. The topological polar surface area (TPSA) is 114 Å². The number of hydrogen-bond acceptors (Lipinski definition) is 5. The lowest BCUT2D eigenvalue weighted by Gasteiger charge is -2.13. The second-order valence-corrected chi connectivity index (χ2v) is 9.27. The van der Waals surface area contributed by atoms with Crippen LogP contribution >= 0.6 is 23.4 Å². The van der Waals surface area contributed by atoms with E-state index in [2.05, 4.69) is 5.32 Å². The Kier molecular flexibility index (Phi) is 6.81. The number of halogens is 1. The van der Waals surface area contributed by atoms with E-state index in [-0.39, 0.29) is 4.91 Å². The Morgan fingerprint density at radius 1 is 1.09 bits per heavy atom. The lowest BCUT2D eigenvalue weighted by Crippen LogP contribution is -2.36. The fourth-order valence-electron chi connectivity index (χ4n) is 3.78. The Labute approximate surface area is 210 Å². The molecule has 0 spiro atoms. The summed E-state index contributed by atoms with van der Waals surface area (Å²) in [6.45, 7) is 3.39. The van der Waals surface area contributed by atoms with E-state index in [4.69, 9.17) is 17.3 Å². The molecule has 4 rings (SSSR count). The fourth-order valence-corrected chi connectivity index (χ4v) is 4.79. The third kappa shape index (κ3) is 5.01. The molecule has 1 fully saturated rings. The van der Waals surface area contributed by atoms with Crippen LogP contribution in [-0.2, 0) is 9.59 Å². The predicted molar refractivity (Wildman–Crippen MR) is 137 cm³/mol. The van der Waals surface area contributed by atoms with E-state index in [1.807, 2.05) is 24.5 Å². The molecule has 10 heteroatoms. The molecule has 0 saturated carbocycles. The second kappa shape index (κ2) is 9.81. The summed E-state index contributed by atoms with van der Waals surface area (Å²) in [7, 11) is 0. The number of para-hydroxylation sites is 1. The van der Waals surface area contributed by atoms with Gasteiger partial charge in [-0.25, -0.2) is 0 Å². The van der Waals surface area contributed by atoms with E-state index in [9.17, 15) is 19.2 Å². The zero-order valence-corrected chi connectivity index (χ0v) is 20.4. The van der Waals surface area contributed by atoms with E-state index in [1.54, 1.807) is 54.6 Å². The molecule has 1 aliphatic rings. The van der Waals surface area contributed by atoms with Gasteiger partial charge in [0.2, 0.25) is 11.8 Å². The van der Waals surface area contributed by atoms with Gasteiger partial charge in [0.05, 0.1) is 15.6 Å². The lowest BCUT2D eigenvalue weighted by atomic mass is 10.2. The van der Waals surface area contributed by atoms with Crippen molar-refractivity contribution in [2.45, 2.75) is 13.8 Å². The highest BCUT2D eigenvalue weighted by molar-refractivity contribution is 8.18. The molecule has 0 aliphatic carbocycles. The number of nitrogens with two attached hydrogens (primary N) is 1. The molecule has 1 saturated heterocycles. The number of hydrogen-bond donors (Lipinski definition) is 2. The van der Waals surface area contributed by atoms with Crippen molar-refractivity contribution in [1.82, 2.24) is 9.47 Å². The number of thioether (sulfide) groups is 1. The van der Waals surface area contributed by atoms with Crippen molar-refractivity contribution in [3.8, 4) is 5.69 Å². The van der Waals surface area contributed by atoms with Crippen LogP contribution in [0.25, 0.3) is 11.8 Å². The highest BCUT2D eigenvalue weighted by atomic mass is 35.5. The van der Waals surface area contributed by atoms with Crippen molar-refractivity contribution in [2.75, 3.05) is 11.9 Å². The fraction of sp³-hybridized carbons (Fsp3) is 0.120. The summed E-state index contributed by atoms with van der Waals surface area (Å²) >= 11 is 6.84. The molecule has 4 amide bonds. The minimum atomic E-state index is -0.537. The maximum absolute atomic E-state index is 12.9. The van der Waals surface area contributed by atoms with Crippen molar-refractivity contribution >= 4 is 58.1 Å². The maximum Gasteiger partial charge on any atom is 0.294 e. The first-order chi connectivity index (χ1) is 16.7. The molecule has 2 aromatic carbocycles. The minimum absolute atomic E-state index is 0.227. The second-order valence-electron chi connectivity index (χ2n) is 7.87. The van der Waals surface area contributed by atoms with Gasteiger partial charge >= 0.3 is 0 Å². The largest absolute Gasteiger partial charge is 0.366 e. The average molecular weight is 509 g/mol. The first-order valence-electron chi connectivity index (χ1n) is 10.5. The van der Waals surface area contributed by atoms with Crippen LogP contribution in [0.5, 0.6) is 0 Å². The first kappa shape index (κ1) is 24.3. The van der Waals surface area contributed by atoms with Crippen LogP contribution < -0.4 is 11.1 Å². The van der Waals surface area contributed by atoms with Gasteiger partial charge in [0.15, 0.2) is 0 Å².